The number of hydroxylamine groups is 2. The second kappa shape index (κ2) is 45.4. The number of rotatable bonds is 23. The molecule has 6 aromatic carbocycles. The number of Topliss-reactive ketones (excluding diaryl/α,β-unsaturated/α-hetero) is 7. The molecule has 6 N–H and O–H groups in total. The molecule has 0 radical (unpaired) electrons. The van der Waals surface area contributed by atoms with E-state index in [-0.39, 0.29) is 137 Å². The molecule has 6 aromatic heterocycles. The average Bonchev–Trinajstić information content (AvgIpc) is 1.61. The Morgan fingerprint density at radius 2 is 0.895 bits per heavy atom. The van der Waals surface area contributed by atoms with E-state index < -0.39 is 30.1 Å². The molecule has 8 aliphatic rings. The molecule has 702 valence electrons. The smallest absolute Gasteiger partial charge is 0.326 e. The van der Waals surface area contributed by atoms with Crippen LogP contribution in [-0.4, -0.2) is 186 Å². The highest BCUT2D eigenvalue weighted by molar-refractivity contribution is 7.21. The van der Waals surface area contributed by atoms with Crippen molar-refractivity contribution in [1.82, 2.24) is 50.1 Å². The molecule has 20 rings (SSSR count). The van der Waals surface area contributed by atoms with Crippen molar-refractivity contribution >= 4 is 203 Å². The van der Waals surface area contributed by atoms with Gasteiger partial charge in [0.05, 0.1) is 79.8 Å². The summed E-state index contributed by atoms with van der Waals surface area (Å²) in [6.07, 6.45) is 17.5. The van der Waals surface area contributed by atoms with Gasteiger partial charge in [-0.1, -0.05) is 87.4 Å². The predicted octanol–water partition coefficient (Wildman–Crippen LogP) is 18.6. The number of nitrogens with one attached hydrogen (secondary N) is 3. The number of carbonyl (C=O) groups is 12. The number of carbonyl (C=O) groups excluding carboxylic acids is 11. The van der Waals surface area contributed by atoms with E-state index in [1.165, 1.54) is 55.8 Å². The number of hydrogen-bond donors (Lipinski definition) is 5. The fraction of sp³-hybridized carbons (Fsp3) is 0.440. The molecular formula is C100H113Cl2N11O16S4. The van der Waals surface area contributed by atoms with Gasteiger partial charge in [-0.05, 0) is 211 Å². The zero-order chi connectivity index (χ0) is 92.3. The molecule has 6 aliphatic carbocycles. The van der Waals surface area contributed by atoms with Gasteiger partial charge in [0.25, 0.3) is 11.8 Å². The number of likely N-dealkylation sites (tertiary alicyclic amines) is 2. The van der Waals surface area contributed by atoms with Crippen molar-refractivity contribution in [2.45, 2.75) is 179 Å². The van der Waals surface area contributed by atoms with E-state index in [0.717, 1.165) is 141 Å². The van der Waals surface area contributed by atoms with Crippen molar-refractivity contribution in [2.24, 2.45) is 64.9 Å². The number of aromatic nitrogens is 6. The van der Waals surface area contributed by atoms with Crippen LogP contribution in [0.4, 0.5) is 0 Å². The molecule has 12 aromatic rings. The summed E-state index contributed by atoms with van der Waals surface area (Å²) in [6, 6.07) is 42.9. The topological polar surface area (TPSA) is 384 Å². The average molecular weight is 1920 g/mol. The minimum absolute atomic E-state index is 0. The van der Waals surface area contributed by atoms with Gasteiger partial charge in [-0.3, -0.25) is 57.6 Å². The summed E-state index contributed by atoms with van der Waals surface area (Å²) >= 11 is 5.79. The zero-order valence-electron chi connectivity index (χ0n) is 75.2. The van der Waals surface area contributed by atoms with Crippen LogP contribution in [0.1, 0.15) is 205 Å². The number of para-hydroxylation sites is 4. The van der Waals surface area contributed by atoms with Crippen molar-refractivity contribution in [2.75, 3.05) is 41.5 Å². The summed E-state index contributed by atoms with van der Waals surface area (Å²) in [7, 11) is 6.24. The van der Waals surface area contributed by atoms with Gasteiger partial charge in [-0.25, -0.2) is 29.8 Å². The second-order valence-electron chi connectivity index (χ2n) is 35.6. The van der Waals surface area contributed by atoms with Crippen molar-refractivity contribution < 1.29 is 77.0 Å². The van der Waals surface area contributed by atoms with Crippen LogP contribution in [0.5, 0.6) is 11.5 Å². The Balaban J connectivity index is 0.000000144. The van der Waals surface area contributed by atoms with E-state index in [9.17, 15) is 62.6 Å². The number of carboxylic acids is 1. The maximum Gasteiger partial charge on any atom is 0.326 e. The van der Waals surface area contributed by atoms with E-state index in [1.807, 2.05) is 147 Å². The van der Waals surface area contributed by atoms with Crippen LogP contribution in [0.15, 0.2) is 151 Å². The molecule has 2 saturated heterocycles. The SMILES string of the molecule is CON(C)C(=O)[C@@H](C)C[C@@H]1CCCC1=O.COc1cccc2[nH]c(C(=O)N3C[C@@H]4CCC[C@@H]4[C@H]3C(=O)N[C@@H](C[C@@H]3CCCC3=O)C(=O)c3nc4ccccc4s3)cc12.COc1cccc2[nH]c(C(=O)N3C[C@@H]4CCC[C@@H]4[C@H]3C(=O)O)cc12.C[C@@H](C[C@@H]1CCCC1=O)C(=O)c1nc2ccccc2s1.Cl.Cl.N[C@@H](C[C@@H]1CCCC1=O)C(=O)c1nc2ccccc2s1.c1ccc2scnc2c1. The highest BCUT2D eigenvalue weighted by Crippen LogP contribution is 2.46. The van der Waals surface area contributed by atoms with Crippen LogP contribution >= 0.6 is 70.2 Å². The molecule has 8 fully saturated rings. The summed E-state index contributed by atoms with van der Waals surface area (Å²) in [6.45, 7) is 4.79. The number of nitrogens with zero attached hydrogens (tertiary/aromatic N) is 7. The lowest BCUT2D eigenvalue weighted by Crippen LogP contribution is -2.53. The summed E-state index contributed by atoms with van der Waals surface area (Å²) < 4.78 is 15.0. The number of amides is 4. The number of nitrogens with two attached hydrogens (primary N) is 1. The van der Waals surface area contributed by atoms with E-state index in [4.69, 9.17) is 20.0 Å². The monoisotopic (exact) mass is 1920 g/mol. The van der Waals surface area contributed by atoms with Crippen LogP contribution in [0, 0.1) is 59.2 Å². The lowest BCUT2D eigenvalue weighted by atomic mass is 9.91. The third kappa shape index (κ3) is 23.0. The number of ketones is 7. The Kier molecular flexibility index (Phi) is 34.0. The molecule has 0 spiro atoms. The summed E-state index contributed by atoms with van der Waals surface area (Å²) in [5.74, 6) is 0.521. The quantitative estimate of drug-likeness (QED) is 0.0293. The minimum atomic E-state index is -0.897. The maximum atomic E-state index is 14.2. The number of thiazole rings is 4. The van der Waals surface area contributed by atoms with Crippen LogP contribution in [0.25, 0.3) is 62.7 Å². The number of hydrogen-bond acceptors (Lipinski definition) is 24. The molecule has 33 heteroatoms. The summed E-state index contributed by atoms with van der Waals surface area (Å²) in [5.41, 5.74) is 13.8. The number of halogens is 2. The number of methoxy groups -OCH3 is 2. The fourth-order valence-corrected chi connectivity index (χ4v) is 23.9. The Morgan fingerprint density at radius 1 is 0.489 bits per heavy atom. The second-order valence-corrected chi connectivity index (χ2v) is 39.6. The van der Waals surface area contributed by atoms with E-state index >= 15 is 0 Å². The standard InChI is InChI=1S/C33H34N4O5S.C18H20N2O4.C16H17NO2S.C15H16N2O2S.C11H19NO3.C7H5NS.2ClH/c1-42-27-13-6-11-22-21(27)16-25(34-22)33(41)37-17-19-8-4-9-20(19)29(37)31(40)35-24(15-18-7-5-12-26(18)38)30(39)32-36-23-10-2-3-14-28(23)43-32;1-24-15-7-3-6-13-12(15)8-14(19-13)17(21)20-9-10-4-2-5-11(10)16(20)18(22)23;1-10(9-11-5-4-7-13(11)18)15(19)16-17-12-6-2-3-8-14(12)20-16;16-10(8-9-4-3-6-12(9)18)14(19)15-17-11-5-1-2-7-13(11)20-15;1-8(11(14)12(2)15-3)7-9-5-4-6-10(9)13;1-2-4-7-6(3-1)8-5-9-7;;/h2-3,6,10-11,13-14,16,18-20,24,29,34H,4-5,7-9,12,15,17H2,1H3,(H,35,40);3,6-8,10-11,16,19H,2,4-5,9H2,1H3,(H,22,23);2-3,6,8,10-11H,4-5,7,9H2,1H3;1-2,5,7,9-10H,3-4,6,8,16H2;8-9H,4-7H2,1-3H3;1-5H;2*1H/t18-,19-,20-,24-,29-;10-,11-,16-;10-,11-;9-,10-;8-,9-;;;/m00000.../s1. The minimum Gasteiger partial charge on any atom is -0.496 e. The molecule has 8 heterocycles. The molecule has 14 atom stereocenters. The largest absolute Gasteiger partial charge is 0.496 e. The first-order chi connectivity index (χ1) is 63.3. The molecule has 0 unspecified atom stereocenters. The van der Waals surface area contributed by atoms with Crippen molar-refractivity contribution in [3.8, 4) is 11.5 Å². The van der Waals surface area contributed by atoms with Gasteiger partial charge in [0, 0.05) is 103 Å². The molecule has 6 saturated carbocycles. The summed E-state index contributed by atoms with van der Waals surface area (Å²) in [4.78, 5) is 182. The van der Waals surface area contributed by atoms with Crippen LogP contribution < -0.4 is 20.5 Å². The Labute approximate surface area is 799 Å². The summed E-state index contributed by atoms with van der Waals surface area (Å²) in [5, 5.41) is 16.9. The third-order valence-corrected chi connectivity index (χ3v) is 31.2. The van der Waals surface area contributed by atoms with E-state index in [1.54, 1.807) is 49.6 Å². The first-order valence-corrected chi connectivity index (χ1v) is 48.8. The van der Waals surface area contributed by atoms with Gasteiger partial charge >= 0.3 is 5.97 Å². The Hall–Kier alpha value is -10.9. The van der Waals surface area contributed by atoms with E-state index in [2.05, 4.69) is 41.3 Å². The highest BCUT2D eigenvalue weighted by atomic mass is 35.5. The van der Waals surface area contributed by atoms with Gasteiger partial charge in [-0.15, -0.1) is 70.2 Å². The van der Waals surface area contributed by atoms with Crippen LogP contribution in [0.3, 0.4) is 0 Å². The number of aromatic amines is 2. The van der Waals surface area contributed by atoms with Gasteiger partial charge in [0.2, 0.25) is 23.4 Å². The third-order valence-electron chi connectivity index (χ3n) is 27.2. The molecule has 0 bridgehead atoms. The fourth-order valence-electron chi connectivity index (χ4n) is 20.3. The molecule has 133 heavy (non-hydrogen) atoms. The van der Waals surface area contributed by atoms with Crippen molar-refractivity contribution in [3.63, 3.8) is 0 Å². The number of fused-ring (bicyclic) bond motifs is 8. The van der Waals surface area contributed by atoms with Gasteiger partial charge in [-0.2, -0.15) is 0 Å². The molecule has 27 nitrogen and oxygen atoms in total. The van der Waals surface area contributed by atoms with Crippen molar-refractivity contribution in [3.05, 3.63) is 178 Å². The first kappa shape index (κ1) is 99.6. The Bertz CT molecular complexity index is 6000. The molecular weight excluding hydrogens is 1810 g/mol. The predicted molar refractivity (Wildman–Crippen MR) is 520 cm³/mol. The lowest BCUT2D eigenvalue weighted by Gasteiger charge is -2.29. The van der Waals surface area contributed by atoms with Crippen LogP contribution in [0.2, 0.25) is 0 Å². The van der Waals surface area contributed by atoms with Gasteiger partial charge in [0.15, 0.2) is 20.8 Å². The normalized spacial score (nSPS) is 21.9. The highest BCUT2D eigenvalue weighted by Gasteiger charge is 2.52. The maximum absolute atomic E-state index is 14.2. The van der Waals surface area contributed by atoms with Crippen LogP contribution in [-0.2, 0) is 38.4 Å². The number of H-pyrrole nitrogens is 2. The van der Waals surface area contributed by atoms with Crippen molar-refractivity contribution in [1.29, 1.82) is 0 Å². The Morgan fingerprint density at radius 3 is 1.32 bits per heavy atom. The van der Waals surface area contributed by atoms with Gasteiger partial charge < -0.3 is 45.4 Å². The molecule has 2 aliphatic heterocycles. The van der Waals surface area contributed by atoms with E-state index in [0.29, 0.717) is 120 Å². The lowest BCUT2D eigenvalue weighted by molar-refractivity contribution is -0.173. The number of aliphatic carboxylic acids is 1. The number of benzene rings is 6. The van der Waals surface area contributed by atoms with Gasteiger partial charge in [0.1, 0.15) is 58.1 Å². The number of ether oxygens (including phenoxy) is 2. The zero-order valence-corrected chi connectivity index (χ0v) is 80.1. The molecule has 4 amide bonds. The first-order valence-electron chi connectivity index (χ1n) is 45.5. The number of carboxylic acid groups (broad SMARTS) is 1.